The molecule has 0 atom stereocenters. The first-order chi connectivity index (χ1) is 11.2. The molecule has 0 radical (unpaired) electrons. The molecular formula is C18H23F2N3. The number of fused-ring (bicyclic) bond motifs is 1. The number of nitrogens with one attached hydrogen (secondary N) is 1. The molecule has 0 unspecified atom stereocenters. The second-order valence-electron chi connectivity index (χ2n) is 6.91. The summed E-state index contributed by atoms with van der Waals surface area (Å²) in [5.74, 6) is -0.0980. The molecule has 1 aromatic heterocycles. The van der Waals surface area contributed by atoms with Crippen LogP contribution in [0.25, 0.3) is 11.0 Å². The van der Waals surface area contributed by atoms with Crippen molar-refractivity contribution in [2.45, 2.75) is 56.9 Å². The van der Waals surface area contributed by atoms with Crippen molar-refractivity contribution < 1.29 is 8.78 Å². The van der Waals surface area contributed by atoms with E-state index in [0.29, 0.717) is 17.5 Å². The maximum absolute atomic E-state index is 13.8. The van der Waals surface area contributed by atoms with Crippen molar-refractivity contribution in [2.75, 3.05) is 13.1 Å². The highest BCUT2D eigenvalue weighted by molar-refractivity contribution is 5.76. The molecule has 5 heteroatoms. The molecule has 0 spiro atoms. The van der Waals surface area contributed by atoms with E-state index in [-0.39, 0.29) is 0 Å². The predicted molar refractivity (Wildman–Crippen MR) is 86.6 cm³/mol. The van der Waals surface area contributed by atoms with Crippen LogP contribution in [0.4, 0.5) is 8.78 Å². The molecule has 1 aliphatic carbocycles. The van der Waals surface area contributed by atoms with Gasteiger partial charge in [0.2, 0.25) is 0 Å². The van der Waals surface area contributed by atoms with Gasteiger partial charge in [-0.3, -0.25) is 0 Å². The molecule has 1 aliphatic heterocycles. The molecular weight excluding hydrogens is 296 g/mol. The van der Waals surface area contributed by atoms with Crippen molar-refractivity contribution >= 4 is 11.0 Å². The number of hydrogen-bond acceptors (Lipinski definition) is 2. The van der Waals surface area contributed by atoms with E-state index < -0.39 is 11.6 Å². The molecule has 2 fully saturated rings. The summed E-state index contributed by atoms with van der Waals surface area (Å²) in [5, 5.41) is 3.38. The number of rotatable bonds is 2. The summed E-state index contributed by atoms with van der Waals surface area (Å²) in [4.78, 5) is 4.75. The molecule has 0 amide bonds. The van der Waals surface area contributed by atoms with Crippen LogP contribution in [0.15, 0.2) is 12.1 Å². The van der Waals surface area contributed by atoms with Crippen molar-refractivity contribution in [1.82, 2.24) is 14.9 Å². The number of imidazole rings is 1. The van der Waals surface area contributed by atoms with Crippen LogP contribution in [0.1, 0.15) is 62.7 Å². The van der Waals surface area contributed by atoms with Crippen molar-refractivity contribution in [1.29, 1.82) is 0 Å². The lowest BCUT2D eigenvalue weighted by molar-refractivity contribution is 0.344. The van der Waals surface area contributed by atoms with E-state index in [4.69, 9.17) is 4.98 Å². The molecule has 2 aliphatic rings. The summed E-state index contributed by atoms with van der Waals surface area (Å²) in [6.45, 7) is 1.94. The molecule has 4 rings (SSSR count). The Morgan fingerprint density at radius 2 is 1.65 bits per heavy atom. The third-order valence-corrected chi connectivity index (χ3v) is 5.40. The minimum atomic E-state index is -0.803. The molecule has 2 aromatic rings. The maximum Gasteiger partial charge on any atom is 0.161 e. The Morgan fingerprint density at radius 1 is 0.957 bits per heavy atom. The first kappa shape index (κ1) is 15.1. The molecule has 1 saturated carbocycles. The molecule has 1 saturated heterocycles. The van der Waals surface area contributed by atoms with Gasteiger partial charge >= 0.3 is 0 Å². The summed E-state index contributed by atoms with van der Waals surface area (Å²) in [7, 11) is 0. The Balaban J connectivity index is 1.85. The fourth-order valence-electron chi connectivity index (χ4n) is 4.21. The van der Waals surface area contributed by atoms with E-state index >= 15 is 0 Å². The molecule has 1 aromatic carbocycles. The maximum atomic E-state index is 13.8. The van der Waals surface area contributed by atoms with Crippen LogP contribution in [-0.4, -0.2) is 22.6 Å². The Kier molecular flexibility index (Phi) is 4.05. The van der Waals surface area contributed by atoms with Gasteiger partial charge in [0, 0.05) is 24.1 Å². The van der Waals surface area contributed by atoms with Crippen LogP contribution in [0.3, 0.4) is 0 Å². The highest BCUT2D eigenvalue weighted by atomic mass is 19.2. The quantitative estimate of drug-likeness (QED) is 0.895. The molecule has 3 nitrogen and oxygen atoms in total. The summed E-state index contributed by atoms with van der Waals surface area (Å²) in [5.41, 5.74) is 1.36. The van der Waals surface area contributed by atoms with Crippen LogP contribution < -0.4 is 5.32 Å². The van der Waals surface area contributed by atoms with Gasteiger partial charge in [0.15, 0.2) is 11.6 Å². The zero-order valence-corrected chi connectivity index (χ0v) is 13.3. The van der Waals surface area contributed by atoms with E-state index in [1.54, 1.807) is 0 Å². The van der Waals surface area contributed by atoms with Gasteiger partial charge in [-0.25, -0.2) is 13.8 Å². The fourth-order valence-corrected chi connectivity index (χ4v) is 4.21. The minimum Gasteiger partial charge on any atom is -0.324 e. The first-order valence-corrected chi connectivity index (χ1v) is 8.81. The van der Waals surface area contributed by atoms with Gasteiger partial charge in [-0.2, -0.15) is 0 Å². The number of piperidine rings is 1. The van der Waals surface area contributed by atoms with Crippen LogP contribution in [0, 0.1) is 11.6 Å². The molecule has 0 bridgehead atoms. The van der Waals surface area contributed by atoms with Crippen molar-refractivity contribution in [3.63, 3.8) is 0 Å². The lowest BCUT2D eigenvalue weighted by Gasteiger charge is -2.29. The smallest absolute Gasteiger partial charge is 0.161 e. The van der Waals surface area contributed by atoms with Crippen molar-refractivity contribution in [2.24, 2.45) is 0 Å². The van der Waals surface area contributed by atoms with Crippen LogP contribution in [0.2, 0.25) is 0 Å². The van der Waals surface area contributed by atoms with E-state index in [1.807, 2.05) is 0 Å². The minimum absolute atomic E-state index is 0.336. The van der Waals surface area contributed by atoms with Gasteiger partial charge < -0.3 is 9.88 Å². The van der Waals surface area contributed by atoms with Crippen LogP contribution >= 0.6 is 0 Å². The SMILES string of the molecule is Fc1cc2nc(C3CCCCC3)n(C3CCNCC3)c2cc1F. The average molecular weight is 319 g/mol. The number of nitrogens with zero attached hydrogens (tertiary/aromatic N) is 2. The largest absolute Gasteiger partial charge is 0.324 e. The summed E-state index contributed by atoms with van der Waals surface area (Å²) >= 11 is 0. The lowest BCUT2D eigenvalue weighted by Crippen LogP contribution is -2.30. The monoisotopic (exact) mass is 319 g/mol. The average Bonchev–Trinajstić information content (AvgIpc) is 2.95. The number of halogens is 2. The predicted octanol–water partition coefficient (Wildman–Crippen LogP) is 4.29. The lowest BCUT2D eigenvalue weighted by atomic mass is 9.88. The normalized spacial score (nSPS) is 21.1. The molecule has 124 valence electrons. The van der Waals surface area contributed by atoms with E-state index in [2.05, 4.69) is 9.88 Å². The van der Waals surface area contributed by atoms with Gasteiger partial charge in [-0.05, 0) is 38.8 Å². The summed E-state index contributed by atoms with van der Waals surface area (Å²) < 4.78 is 29.7. The third kappa shape index (κ3) is 2.75. The number of hydrogen-bond donors (Lipinski definition) is 1. The first-order valence-electron chi connectivity index (χ1n) is 8.81. The molecule has 23 heavy (non-hydrogen) atoms. The zero-order chi connectivity index (χ0) is 15.8. The van der Waals surface area contributed by atoms with Crippen LogP contribution in [0.5, 0.6) is 0 Å². The summed E-state index contributed by atoms with van der Waals surface area (Å²) in [6.07, 6.45) is 8.05. The second kappa shape index (κ2) is 6.19. The third-order valence-electron chi connectivity index (χ3n) is 5.40. The second-order valence-corrected chi connectivity index (χ2v) is 6.91. The fraction of sp³-hybridized carbons (Fsp3) is 0.611. The van der Waals surface area contributed by atoms with Gasteiger partial charge in [-0.15, -0.1) is 0 Å². The van der Waals surface area contributed by atoms with Gasteiger partial charge in [0.05, 0.1) is 11.0 Å². The van der Waals surface area contributed by atoms with E-state index in [0.717, 1.165) is 50.1 Å². The molecule has 2 heterocycles. The van der Waals surface area contributed by atoms with Crippen LogP contribution in [-0.2, 0) is 0 Å². The van der Waals surface area contributed by atoms with Gasteiger partial charge in [-0.1, -0.05) is 19.3 Å². The Morgan fingerprint density at radius 3 is 2.39 bits per heavy atom. The Bertz CT molecular complexity index is 698. The highest BCUT2D eigenvalue weighted by Gasteiger charge is 2.27. The summed E-state index contributed by atoms with van der Waals surface area (Å²) in [6, 6.07) is 2.93. The van der Waals surface area contributed by atoms with Gasteiger partial charge in [0.25, 0.3) is 0 Å². The van der Waals surface area contributed by atoms with E-state index in [9.17, 15) is 8.78 Å². The van der Waals surface area contributed by atoms with E-state index in [1.165, 1.54) is 31.4 Å². The number of benzene rings is 1. The topological polar surface area (TPSA) is 29.9 Å². The highest BCUT2D eigenvalue weighted by Crippen LogP contribution is 2.37. The Labute approximate surface area is 135 Å². The Hall–Kier alpha value is -1.49. The standard InChI is InChI=1S/C18H23F2N3/c19-14-10-16-17(11-15(14)20)23(13-6-8-21-9-7-13)18(22-16)12-4-2-1-3-5-12/h10-13,21H,1-9H2. The van der Waals surface area contributed by atoms with Gasteiger partial charge in [0.1, 0.15) is 5.82 Å². The zero-order valence-electron chi connectivity index (χ0n) is 13.3. The molecule has 1 N–H and O–H groups in total. The van der Waals surface area contributed by atoms with Crippen molar-refractivity contribution in [3.05, 3.63) is 29.6 Å². The van der Waals surface area contributed by atoms with Crippen molar-refractivity contribution in [3.8, 4) is 0 Å². The number of aromatic nitrogens is 2.